The molecule has 4 heteroatoms. The molecule has 0 spiro atoms. The van der Waals surface area contributed by atoms with Gasteiger partial charge in [0.2, 0.25) is 0 Å². The van der Waals surface area contributed by atoms with Crippen LogP contribution in [0, 0.1) is 5.41 Å². The molecule has 1 rings (SSSR count). The molecular formula is C8H15N3O. The maximum Gasteiger partial charge on any atom is 0.137 e. The van der Waals surface area contributed by atoms with Gasteiger partial charge in [0.15, 0.2) is 0 Å². The van der Waals surface area contributed by atoms with E-state index in [2.05, 4.69) is 10.1 Å². The van der Waals surface area contributed by atoms with Crippen molar-refractivity contribution in [2.75, 3.05) is 0 Å². The van der Waals surface area contributed by atoms with Gasteiger partial charge in [-0.3, -0.25) is 4.68 Å². The summed E-state index contributed by atoms with van der Waals surface area (Å²) in [6.07, 6.45) is 2.68. The summed E-state index contributed by atoms with van der Waals surface area (Å²) in [4.78, 5) is 3.80. The van der Waals surface area contributed by atoms with Gasteiger partial charge in [-0.1, -0.05) is 20.8 Å². The van der Waals surface area contributed by atoms with Crippen molar-refractivity contribution >= 4 is 0 Å². The Kier molecular flexibility index (Phi) is 2.47. The first-order chi connectivity index (χ1) is 5.50. The molecule has 1 aromatic rings. The van der Waals surface area contributed by atoms with Gasteiger partial charge in [-0.15, -0.1) is 0 Å². The van der Waals surface area contributed by atoms with Crippen molar-refractivity contribution in [2.24, 2.45) is 5.41 Å². The normalized spacial score (nSPS) is 14.7. The summed E-state index contributed by atoms with van der Waals surface area (Å²) in [5.41, 5.74) is -0.105. The van der Waals surface area contributed by atoms with E-state index in [4.69, 9.17) is 0 Å². The fourth-order valence-corrected chi connectivity index (χ4v) is 0.778. The van der Waals surface area contributed by atoms with Crippen molar-refractivity contribution in [3.63, 3.8) is 0 Å². The van der Waals surface area contributed by atoms with E-state index < -0.39 is 0 Å². The Morgan fingerprint density at radius 1 is 1.50 bits per heavy atom. The fraction of sp³-hybridized carbons (Fsp3) is 0.750. The van der Waals surface area contributed by atoms with Crippen LogP contribution in [0.5, 0.6) is 0 Å². The molecule has 0 aliphatic carbocycles. The number of aliphatic hydroxyl groups excluding tert-OH is 1. The SMILES string of the molecule is CC(C)(C)[C@H](O)Cn1cncn1. The average molecular weight is 169 g/mol. The first-order valence-electron chi connectivity index (χ1n) is 4.00. The van der Waals surface area contributed by atoms with Crippen LogP contribution in [0.1, 0.15) is 20.8 Å². The number of nitrogens with zero attached hydrogens (tertiary/aromatic N) is 3. The molecular weight excluding hydrogens is 154 g/mol. The molecule has 1 aromatic heterocycles. The second-order valence-corrected chi connectivity index (χ2v) is 4.00. The molecule has 12 heavy (non-hydrogen) atoms. The quantitative estimate of drug-likeness (QED) is 0.708. The Morgan fingerprint density at radius 3 is 2.58 bits per heavy atom. The Morgan fingerprint density at radius 2 is 2.17 bits per heavy atom. The molecule has 0 fully saturated rings. The Labute approximate surface area is 72.2 Å². The maximum absolute atomic E-state index is 9.67. The Bertz CT molecular complexity index is 225. The van der Waals surface area contributed by atoms with Crippen LogP contribution in [0.2, 0.25) is 0 Å². The van der Waals surface area contributed by atoms with Crippen LogP contribution in [-0.2, 0) is 6.54 Å². The smallest absolute Gasteiger partial charge is 0.137 e. The predicted octanol–water partition coefficient (Wildman–Crippen LogP) is 0.685. The number of hydrogen-bond acceptors (Lipinski definition) is 3. The molecule has 0 saturated heterocycles. The number of aliphatic hydroxyl groups is 1. The van der Waals surface area contributed by atoms with Crippen LogP contribution in [0.15, 0.2) is 12.7 Å². The maximum atomic E-state index is 9.67. The Balaban J connectivity index is 2.53. The van der Waals surface area contributed by atoms with Gasteiger partial charge in [0.1, 0.15) is 12.7 Å². The van der Waals surface area contributed by atoms with Crippen LogP contribution >= 0.6 is 0 Å². The summed E-state index contributed by atoms with van der Waals surface area (Å²) < 4.78 is 1.63. The van der Waals surface area contributed by atoms with E-state index in [1.54, 1.807) is 11.0 Å². The van der Waals surface area contributed by atoms with Crippen LogP contribution in [0.25, 0.3) is 0 Å². The van der Waals surface area contributed by atoms with Crippen LogP contribution in [-0.4, -0.2) is 26.0 Å². The van der Waals surface area contributed by atoms with E-state index in [0.717, 1.165) is 0 Å². The molecule has 1 atom stereocenters. The summed E-state index contributed by atoms with van der Waals surface area (Å²) in [6, 6.07) is 0. The van der Waals surface area contributed by atoms with Gasteiger partial charge in [0, 0.05) is 0 Å². The van der Waals surface area contributed by atoms with Gasteiger partial charge in [0.25, 0.3) is 0 Å². The van der Waals surface area contributed by atoms with Crippen molar-refractivity contribution < 1.29 is 5.11 Å². The van der Waals surface area contributed by atoms with E-state index in [1.807, 2.05) is 20.8 Å². The first kappa shape index (κ1) is 9.19. The highest BCUT2D eigenvalue weighted by Crippen LogP contribution is 2.19. The van der Waals surface area contributed by atoms with Gasteiger partial charge >= 0.3 is 0 Å². The minimum absolute atomic E-state index is 0.105. The van der Waals surface area contributed by atoms with Crippen molar-refractivity contribution in [2.45, 2.75) is 33.4 Å². The van der Waals surface area contributed by atoms with Gasteiger partial charge in [-0.25, -0.2) is 4.98 Å². The molecule has 0 aliphatic heterocycles. The number of rotatable bonds is 2. The highest BCUT2D eigenvalue weighted by atomic mass is 16.3. The fourth-order valence-electron chi connectivity index (χ4n) is 0.778. The van der Waals surface area contributed by atoms with Crippen molar-refractivity contribution in [3.8, 4) is 0 Å². The lowest BCUT2D eigenvalue weighted by atomic mass is 9.89. The molecule has 4 nitrogen and oxygen atoms in total. The molecule has 1 heterocycles. The van der Waals surface area contributed by atoms with Crippen molar-refractivity contribution in [3.05, 3.63) is 12.7 Å². The monoisotopic (exact) mass is 169 g/mol. The lowest BCUT2D eigenvalue weighted by molar-refractivity contribution is 0.0450. The summed E-state index contributed by atoms with van der Waals surface area (Å²) in [7, 11) is 0. The third kappa shape index (κ3) is 2.30. The molecule has 0 aromatic carbocycles. The summed E-state index contributed by atoms with van der Waals surface area (Å²) >= 11 is 0. The highest BCUT2D eigenvalue weighted by Gasteiger charge is 2.22. The minimum atomic E-state index is -0.390. The molecule has 0 aliphatic rings. The van der Waals surface area contributed by atoms with E-state index >= 15 is 0 Å². The lowest BCUT2D eigenvalue weighted by Gasteiger charge is -2.25. The second-order valence-electron chi connectivity index (χ2n) is 4.00. The van der Waals surface area contributed by atoms with E-state index in [9.17, 15) is 5.11 Å². The van der Waals surface area contributed by atoms with Gasteiger partial charge in [0.05, 0.1) is 12.6 Å². The number of aromatic nitrogens is 3. The van der Waals surface area contributed by atoms with Crippen LogP contribution in [0.4, 0.5) is 0 Å². The average Bonchev–Trinajstić information content (AvgIpc) is 2.37. The van der Waals surface area contributed by atoms with E-state index in [0.29, 0.717) is 6.54 Å². The zero-order valence-corrected chi connectivity index (χ0v) is 7.73. The summed E-state index contributed by atoms with van der Waals surface area (Å²) in [5, 5.41) is 13.6. The lowest BCUT2D eigenvalue weighted by Crippen LogP contribution is -2.30. The van der Waals surface area contributed by atoms with E-state index in [-0.39, 0.29) is 11.5 Å². The molecule has 0 bridgehead atoms. The predicted molar refractivity (Wildman–Crippen MR) is 45.5 cm³/mol. The summed E-state index contributed by atoms with van der Waals surface area (Å²) in [5.74, 6) is 0. The topological polar surface area (TPSA) is 50.9 Å². The molecule has 0 unspecified atom stereocenters. The molecule has 68 valence electrons. The minimum Gasteiger partial charge on any atom is -0.391 e. The van der Waals surface area contributed by atoms with E-state index in [1.165, 1.54) is 6.33 Å². The third-order valence-electron chi connectivity index (χ3n) is 1.83. The van der Waals surface area contributed by atoms with Gasteiger partial charge in [-0.2, -0.15) is 5.10 Å². The molecule has 0 amide bonds. The highest BCUT2D eigenvalue weighted by molar-refractivity contribution is 4.73. The second kappa shape index (κ2) is 3.23. The van der Waals surface area contributed by atoms with Crippen LogP contribution in [0.3, 0.4) is 0 Å². The first-order valence-corrected chi connectivity index (χ1v) is 4.00. The molecule has 0 saturated carbocycles. The third-order valence-corrected chi connectivity index (χ3v) is 1.83. The zero-order valence-electron chi connectivity index (χ0n) is 7.73. The number of hydrogen-bond donors (Lipinski definition) is 1. The summed E-state index contributed by atoms with van der Waals surface area (Å²) in [6.45, 7) is 6.49. The van der Waals surface area contributed by atoms with Gasteiger partial charge in [-0.05, 0) is 5.41 Å². The van der Waals surface area contributed by atoms with Crippen molar-refractivity contribution in [1.82, 2.24) is 14.8 Å². The standard InChI is InChI=1S/C8H15N3O/c1-8(2,3)7(12)4-11-6-9-5-10-11/h5-7,12H,4H2,1-3H3/t7-/m1/s1. The van der Waals surface area contributed by atoms with Crippen molar-refractivity contribution in [1.29, 1.82) is 0 Å². The largest absolute Gasteiger partial charge is 0.391 e. The Hall–Kier alpha value is -0.900. The van der Waals surface area contributed by atoms with Gasteiger partial charge < -0.3 is 5.11 Å². The molecule has 1 N–H and O–H groups in total. The zero-order chi connectivity index (χ0) is 9.19. The van der Waals surface area contributed by atoms with Crippen LogP contribution < -0.4 is 0 Å². The molecule has 0 radical (unpaired) electrons.